The maximum absolute atomic E-state index is 9.68. The molecule has 2 fully saturated rings. The lowest BCUT2D eigenvalue weighted by Gasteiger charge is -2.35. The second-order valence-electron chi connectivity index (χ2n) is 6.60. The first kappa shape index (κ1) is 13.4. The highest BCUT2D eigenvalue weighted by molar-refractivity contribution is 4.83. The number of aliphatic hydroxyl groups is 1. The van der Waals surface area contributed by atoms with Crippen LogP contribution in [-0.4, -0.2) is 23.8 Å². The van der Waals surface area contributed by atoms with Crippen LogP contribution >= 0.6 is 0 Å². The maximum atomic E-state index is 9.68. The van der Waals surface area contributed by atoms with Gasteiger partial charge in [0.05, 0.1) is 6.10 Å². The molecule has 2 N–H and O–H groups in total. The average Bonchev–Trinajstić information content (AvgIpc) is 2.28. The molecule has 0 radical (unpaired) electrons. The lowest BCUT2D eigenvalue weighted by atomic mass is 9.79. The van der Waals surface area contributed by atoms with Gasteiger partial charge in [-0.15, -0.1) is 0 Å². The molecule has 2 rings (SSSR count). The number of nitrogens with one attached hydrogen (secondary N) is 1. The third-order valence-electron chi connectivity index (χ3n) is 4.86. The van der Waals surface area contributed by atoms with Crippen molar-refractivity contribution in [1.82, 2.24) is 5.32 Å². The molecule has 2 aliphatic rings. The van der Waals surface area contributed by atoms with E-state index in [2.05, 4.69) is 19.2 Å². The highest BCUT2D eigenvalue weighted by atomic mass is 16.3. The molecule has 5 unspecified atom stereocenters. The minimum Gasteiger partial charge on any atom is -0.393 e. The van der Waals surface area contributed by atoms with Gasteiger partial charge in [0.2, 0.25) is 0 Å². The van der Waals surface area contributed by atoms with E-state index in [0.717, 1.165) is 37.3 Å². The van der Waals surface area contributed by atoms with Gasteiger partial charge in [-0.05, 0) is 62.8 Å². The van der Waals surface area contributed by atoms with E-state index in [0.29, 0.717) is 5.92 Å². The highest BCUT2D eigenvalue weighted by Gasteiger charge is 2.26. The molecule has 0 heterocycles. The van der Waals surface area contributed by atoms with Crippen molar-refractivity contribution in [3.8, 4) is 0 Å². The fourth-order valence-corrected chi connectivity index (χ4v) is 3.73. The SMILES string of the molecule is CC1CCC(NCC2CCCC(O)C2)C(C)C1. The van der Waals surface area contributed by atoms with Gasteiger partial charge < -0.3 is 10.4 Å². The first-order valence-electron chi connectivity index (χ1n) is 7.56. The Morgan fingerprint density at radius 3 is 2.59 bits per heavy atom. The number of rotatable bonds is 3. The van der Waals surface area contributed by atoms with E-state index in [1.54, 1.807) is 0 Å². The van der Waals surface area contributed by atoms with Crippen molar-refractivity contribution in [1.29, 1.82) is 0 Å². The second kappa shape index (κ2) is 6.19. The van der Waals surface area contributed by atoms with Gasteiger partial charge in [0.1, 0.15) is 0 Å². The minimum absolute atomic E-state index is 0.0284. The zero-order valence-electron chi connectivity index (χ0n) is 11.5. The summed E-state index contributed by atoms with van der Waals surface area (Å²) in [6.07, 6.45) is 8.64. The summed E-state index contributed by atoms with van der Waals surface area (Å²) in [6, 6.07) is 0.727. The molecule has 2 nitrogen and oxygen atoms in total. The molecular formula is C15H29NO. The Morgan fingerprint density at radius 2 is 1.88 bits per heavy atom. The van der Waals surface area contributed by atoms with Crippen molar-refractivity contribution < 1.29 is 5.11 Å². The van der Waals surface area contributed by atoms with Gasteiger partial charge in [0, 0.05) is 6.04 Å². The van der Waals surface area contributed by atoms with Gasteiger partial charge in [-0.2, -0.15) is 0 Å². The van der Waals surface area contributed by atoms with Crippen LogP contribution in [-0.2, 0) is 0 Å². The molecule has 17 heavy (non-hydrogen) atoms. The number of aliphatic hydroxyl groups excluding tert-OH is 1. The molecule has 0 aromatic heterocycles. The summed E-state index contributed by atoms with van der Waals surface area (Å²) < 4.78 is 0. The summed E-state index contributed by atoms with van der Waals surface area (Å²) in [5.74, 6) is 2.46. The van der Waals surface area contributed by atoms with E-state index < -0.39 is 0 Å². The Morgan fingerprint density at radius 1 is 1.06 bits per heavy atom. The van der Waals surface area contributed by atoms with E-state index in [9.17, 15) is 5.11 Å². The molecule has 0 spiro atoms. The first-order chi connectivity index (χ1) is 8.15. The Labute approximate surface area is 106 Å². The molecule has 0 aliphatic heterocycles. The van der Waals surface area contributed by atoms with Crippen LogP contribution in [0.2, 0.25) is 0 Å². The molecule has 0 aromatic rings. The molecule has 0 aromatic carbocycles. The number of hydrogen-bond acceptors (Lipinski definition) is 2. The van der Waals surface area contributed by atoms with Crippen molar-refractivity contribution in [2.45, 2.75) is 70.9 Å². The van der Waals surface area contributed by atoms with Crippen molar-refractivity contribution >= 4 is 0 Å². The molecule has 100 valence electrons. The molecule has 5 atom stereocenters. The largest absolute Gasteiger partial charge is 0.393 e. The topological polar surface area (TPSA) is 32.3 Å². The van der Waals surface area contributed by atoms with Crippen LogP contribution in [0.3, 0.4) is 0 Å². The normalized spacial score (nSPS) is 43.6. The zero-order chi connectivity index (χ0) is 12.3. The van der Waals surface area contributed by atoms with Crippen LogP contribution in [0.1, 0.15) is 58.8 Å². The summed E-state index contributed by atoms with van der Waals surface area (Å²) in [5.41, 5.74) is 0. The van der Waals surface area contributed by atoms with Crippen LogP contribution in [0.5, 0.6) is 0 Å². The Bertz CT molecular complexity index is 231. The van der Waals surface area contributed by atoms with Crippen LogP contribution < -0.4 is 5.32 Å². The van der Waals surface area contributed by atoms with Crippen LogP contribution in [0, 0.1) is 17.8 Å². The summed E-state index contributed by atoms with van der Waals surface area (Å²) in [7, 11) is 0. The van der Waals surface area contributed by atoms with Gasteiger partial charge in [-0.1, -0.05) is 20.3 Å². The van der Waals surface area contributed by atoms with Gasteiger partial charge in [0.15, 0.2) is 0 Å². The van der Waals surface area contributed by atoms with Gasteiger partial charge in [0.25, 0.3) is 0 Å². The Hall–Kier alpha value is -0.0800. The van der Waals surface area contributed by atoms with E-state index in [1.807, 2.05) is 0 Å². The molecule has 0 saturated heterocycles. The van der Waals surface area contributed by atoms with Crippen molar-refractivity contribution in [2.24, 2.45) is 17.8 Å². The third kappa shape index (κ3) is 3.96. The standard InChI is InChI=1S/C15H29NO/c1-11-6-7-15(12(2)8-11)16-10-13-4-3-5-14(17)9-13/h11-17H,3-10H2,1-2H3. The third-order valence-corrected chi connectivity index (χ3v) is 4.86. The second-order valence-corrected chi connectivity index (χ2v) is 6.60. The van der Waals surface area contributed by atoms with Crippen LogP contribution in [0.4, 0.5) is 0 Å². The van der Waals surface area contributed by atoms with Crippen molar-refractivity contribution in [2.75, 3.05) is 6.54 Å². The molecule has 2 saturated carbocycles. The smallest absolute Gasteiger partial charge is 0.0543 e. The predicted octanol–water partition coefficient (Wildman–Crippen LogP) is 2.95. The summed E-state index contributed by atoms with van der Waals surface area (Å²) in [4.78, 5) is 0. The first-order valence-corrected chi connectivity index (χ1v) is 7.56. The average molecular weight is 239 g/mol. The molecule has 0 amide bonds. The Kier molecular flexibility index (Phi) is 4.87. The monoisotopic (exact) mass is 239 g/mol. The van der Waals surface area contributed by atoms with Gasteiger partial charge in [-0.3, -0.25) is 0 Å². The van der Waals surface area contributed by atoms with Crippen LogP contribution in [0.15, 0.2) is 0 Å². The minimum atomic E-state index is -0.0284. The highest BCUT2D eigenvalue weighted by Crippen LogP contribution is 2.29. The summed E-state index contributed by atoms with van der Waals surface area (Å²) >= 11 is 0. The summed E-state index contributed by atoms with van der Waals surface area (Å²) in [6.45, 7) is 5.90. The lowest BCUT2D eigenvalue weighted by molar-refractivity contribution is 0.0969. The molecule has 2 heteroatoms. The zero-order valence-corrected chi connectivity index (χ0v) is 11.5. The quantitative estimate of drug-likeness (QED) is 0.793. The fraction of sp³-hybridized carbons (Fsp3) is 1.00. The number of hydrogen-bond donors (Lipinski definition) is 2. The van der Waals surface area contributed by atoms with Gasteiger partial charge in [-0.25, -0.2) is 0 Å². The van der Waals surface area contributed by atoms with Crippen LogP contribution in [0.25, 0.3) is 0 Å². The van der Waals surface area contributed by atoms with E-state index in [1.165, 1.54) is 32.1 Å². The summed E-state index contributed by atoms with van der Waals surface area (Å²) in [5, 5.41) is 13.4. The van der Waals surface area contributed by atoms with Gasteiger partial charge >= 0.3 is 0 Å². The molecular weight excluding hydrogens is 210 g/mol. The maximum Gasteiger partial charge on any atom is 0.0543 e. The molecule has 2 aliphatic carbocycles. The van der Waals surface area contributed by atoms with E-state index in [-0.39, 0.29) is 6.10 Å². The lowest BCUT2D eigenvalue weighted by Crippen LogP contribution is -2.42. The van der Waals surface area contributed by atoms with Crippen molar-refractivity contribution in [3.63, 3.8) is 0 Å². The Balaban J connectivity index is 1.70. The predicted molar refractivity (Wildman–Crippen MR) is 71.9 cm³/mol. The molecule has 0 bridgehead atoms. The van der Waals surface area contributed by atoms with Crippen molar-refractivity contribution in [3.05, 3.63) is 0 Å². The fourth-order valence-electron chi connectivity index (χ4n) is 3.73. The van der Waals surface area contributed by atoms with E-state index in [4.69, 9.17) is 0 Å². The van der Waals surface area contributed by atoms with E-state index >= 15 is 0 Å².